The molecule has 0 atom stereocenters. The zero-order valence-electron chi connectivity index (χ0n) is 17.1. The van der Waals surface area contributed by atoms with Gasteiger partial charge in [-0.3, -0.25) is 29.4 Å². The number of carbonyl (C=O) groups excluding carboxylic acids is 3. The lowest BCUT2D eigenvalue weighted by molar-refractivity contribution is -0.384. The van der Waals surface area contributed by atoms with Crippen molar-refractivity contribution in [3.05, 3.63) is 58.1 Å². The Morgan fingerprint density at radius 1 is 1.16 bits per heavy atom. The van der Waals surface area contributed by atoms with Gasteiger partial charge in [-0.1, -0.05) is 12.1 Å². The summed E-state index contributed by atoms with van der Waals surface area (Å²) in [5, 5.41) is 16.5. The van der Waals surface area contributed by atoms with Crippen LogP contribution in [-0.4, -0.2) is 41.8 Å². The number of carbonyl (C=O) groups is 3. The summed E-state index contributed by atoms with van der Waals surface area (Å²) >= 11 is 0. The van der Waals surface area contributed by atoms with Crippen LogP contribution in [0.4, 0.5) is 17.1 Å². The lowest BCUT2D eigenvalue weighted by Crippen LogP contribution is -2.43. The van der Waals surface area contributed by atoms with E-state index in [1.807, 2.05) is 13.8 Å². The van der Waals surface area contributed by atoms with E-state index in [-0.39, 0.29) is 42.9 Å². The molecule has 0 aromatic heterocycles. The predicted octanol–water partition coefficient (Wildman–Crippen LogP) is 2.03. The van der Waals surface area contributed by atoms with Crippen LogP contribution in [0.1, 0.15) is 19.4 Å². The molecule has 0 aliphatic carbocycles. The van der Waals surface area contributed by atoms with Gasteiger partial charge in [-0.25, -0.2) is 0 Å². The quantitative estimate of drug-likeness (QED) is 0.514. The molecular weight excluding hydrogens is 404 g/mol. The fourth-order valence-electron chi connectivity index (χ4n) is 3.09. The number of benzene rings is 2. The molecular formula is C21H22N4O6. The van der Waals surface area contributed by atoms with Crippen molar-refractivity contribution in [1.82, 2.24) is 5.32 Å². The lowest BCUT2D eigenvalue weighted by Gasteiger charge is -2.28. The summed E-state index contributed by atoms with van der Waals surface area (Å²) in [6.07, 6.45) is 0.226. The average Bonchev–Trinajstić information content (AvgIpc) is 2.70. The molecule has 0 spiro atoms. The first-order chi connectivity index (χ1) is 14.7. The largest absolute Gasteiger partial charge is 0.482 e. The van der Waals surface area contributed by atoms with Gasteiger partial charge in [-0.05, 0) is 37.6 Å². The summed E-state index contributed by atoms with van der Waals surface area (Å²) in [6.45, 7) is 3.18. The first-order valence-corrected chi connectivity index (χ1v) is 9.62. The van der Waals surface area contributed by atoms with E-state index in [2.05, 4.69) is 10.6 Å². The van der Waals surface area contributed by atoms with Gasteiger partial charge in [0.2, 0.25) is 11.8 Å². The van der Waals surface area contributed by atoms with Crippen molar-refractivity contribution in [1.29, 1.82) is 0 Å². The Morgan fingerprint density at radius 3 is 2.52 bits per heavy atom. The van der Waals surface area contributed by atoms with Gasteiger partial charge < -0.3 is 15.4 Å². The van der Waals surface area contributed by atoms with E-state index in [1.165, 1.54) is 18.2 Å². The minimum Gasteiger partial charge on any atom is -0.482 e. The molecule has 3 amide bonds. The third-order valence-electron chi connectivity index (χ3n) is 4.45. The SMILES string of the molecule is CC(C)NC(=O)Cc1ccc(NC(=O)CN2C(=O)COc3ccc([N+](=O)[O-])cc32)cc1. The summed E-state index contributed by atoms with van der Waals surface area (Å²) in [4.78, 5) is 48.2. The van der Waals surface area contributed by atoms with Crippen molar-refractivity contribution in [3.63, 3.8) is 0 Å². The summed E-state index contributed by atoms with van der Waals surface area (Å²) in [7, 11) is 0. The molecule has 0 saturated heterocycles. The number of nitrogens with one attached hydrogen (secondary N) is 2. The minimum absolute atomic E-state index is 0.0560. The Morgan fingerprint density at radius 2 is 1.87 bits per heavy atom. The molecule has 162 valence electrons. The van der Waals surface area contributed by atoms with Gasteiger partial charge in [0.05, 0.1) is 17.0 Å². The van der Waals surface area contributed by atoms with E-state index < -0.39 is 16.7 Å². The van der Waals surface area contributed by atoms with Crippen LogP contribution in [0.3, 0.4) is 0 Å². The van der Waals surface area contributed by atoms with Crippen molar-refractivity contribution >= 4 is 34.8 Å². The zero-order valence-corrected chi connectivity index (χ0v) is 17.1. The Balaban J connectivity index is 1.66. The zero-order chi connectivity index (χ0) is 22.5. The van der Waals surface area contributed by atoms with E-state index in [9.17, 15) is 24.5 Å². The topological polar surface area (TPSA) is 131 Å². The number of ether oxygens (including phenoxy) is 1. The number of fused-ring (bicyclic) bond motifs is 1. The summed E-state index contributed by atoms with van der Waals surface area (Å²) in [5.74, 6) is -0.750. The van der Waals surface area contributed by atoms with Crippen molar-refractivity contribution in [3.8, 4) is 5.75 Å². The van der Waals surface area contributed by atoms with Crippen LogP contribution < -0.4 is 20.3 Å². The number of non-ortho nitro benzene ring substituents is 1. The van der Waals surface area contributed by atoms with Crippen molar-refractivity contribution in [2.45, 2.75) is 26.3 Å². The van der Waals surface area contributed by atoms with E-state index in [1.54, 1.807) is 24.3 Å². The number of nitro groups is 1. The molecule has 0 unspecified atom stereocenters. The number of nitrogens with zero attached hydrogens (tertiary/aromatic N) is 2. The Labute approximate surface area is 178 Å². The van der Waals surface area contributed by atoms with Gasteiger partial charge in [0.1, 0.15) is 12.3 Å². The highest BCUT2D eigenvalue weighted by Gasteiger charge is 2.29. The van der Waals surface area contributed by atoms with E-state index in [0.717, 1.165) is 10.5 Å². The van der Waals surface area contributed by atoms with Crippen molar-refractivity contribution in [2.75, 3.05) is 23.4 Å². The van der Waals surface area contributed by atoms with Crippen molar-refractivity contribution in [2.24, 2.45) is 0 Å². The fourth-order valence-corrected chi connectivity index (χ4v) is 3.09. The minimum atomic E-state index is -0.583. The smallest absolute Gasteiger partial charge is 0.271 e. The molecule has 31 heavy (non-hydrogen) atoms. The second-order valence-electron chi connectivity index (χ2n) is 7.32. The van der Waals surface area contributed by atoms with E-state index >= 15 is 0 Å². The molecule has 10 heteroatoms. The summed E-state index contributed by atoms with van der Waals surface area (Å²) in [6, 6.07) is 10.7. The van der Waals surface area contributed by atoms with E-state index in [4.69, 9.17) is 4.74 Å². The van der Waals surface area contributed by atoms with Gasteiger partial charge in [0.15, 0.2) is 6.61 Å². The second kappa shape index (κ2) is 9.24. The lowest BCUT2D eigenvalue weighted by atomic mass is 10.1. The normalized spacial score (nSPS) is 12.7. The maximum atomic E-state index is 12.5. The number of anilines is 2. The highest BCUT2D eigenvalue weighted by Crippen LogP contribution is 2.35. The highest BCUT2D eigenvalue weighted by atomic mass is 16.6. The third-order valence-corrected chi connectivity index (χ3v) is 4.45. The van der Waals surface area contributed by atoms with E-state index in [0.29, 0.717) is 11.4 Å². The molecule has 2 aromatic carbocycles. The number of rotatable bonds is 7. The molecule has 2 N–H and O–H groups in total. The highest BCUT2D eigenvalue weighted by molar-refractivity contribution is 6.05. The third kappa shape index (κ3) is 5.56. The van der Waals surface area contributed by atoms with Crippen molar-refractivity contribution < 1.29 is 24.0 Å². The Bertz CT molecular complexity index is 1020. The van der Waals surface area contributed by atoms with Crippen LogP contribution in [0.25, 0.3) is 0 Å². The van der Waals surface area contributed by atoms with Gasteiger partial charge in [-0.2, -0.15) is 0 Å². The molecule has 0 bridgehead atoms. The molecule has 0 saturated carbocycles. The van der Waals surface area contributed by atoms with Gasteiger partial charge in [0, 0.05) is 23.9 Å². The maximum absolute atomic E-state index is 12.5. The Kier molecular flexibility index (Phi) is 6.49. The standard InChI is InChI=1S/C21H22N4O6/c1-13(2)22-19(26)9-14-3-5-15(6-4-14)23-20(27)11-24-17-10-16(25(29)30)7-8-18(17)31-12-21(24)28/h3-8,10,13H,9,11-12H2,1-2H3,(H,22,26)(H,23,27). The fraction of sp³-hybridized carbons (Fsp3) is 0.286. The number of nitro benzene ring substituents is 1. The van der Waals surface area contributed by atoms with Crippen LogP contribution in [-0.2, 0) is 20.8 Å². The first kappa shape index (κ1) is 21.8. The summed E-state index contributed by atoms with van der Waals surface area (Å²) in [5.41, 5.74) is 1.25. The summed E-state index contributed by atoms with van der Waals surface area (Å²) < 4.78 is 5.29. The number of hydrogen-bond donors (Lipinski definition) is 2. The van der Waals surface area contributed by atoms with Crippen LogP contribution in [0.15, 0.2) is 42.5 Å². The molecule has 10 nitrogen and oxygen atoms in total. The van der Waals surface area contributed by atoms with Crippen LogP contribution in [0.5, 0.6) is 5.75 Å². The van der Waals surface area contributed by atoms with Gasteiger partial charge >= 0.3 is 0 Å². The molecule has 0 fully saturated rings. The Hall–Kier alpha value is -3.95. The molecule has 1 aliphatic heterocycles. The number of amides is 3. The first-order valence-electron chi connectivity index (χ1n) is 9.62. The van der Waals surface area contributed by atoms with Gasteiger partial charge in [-0.15, -0.1) is 0 Å². The molecule has 1 aliphatic rings. The average molecular weight is 426 g/mol. The predicted molar refractivity (Wildman–Crippen MR) is 113 cm³/mol. The molecule has 3 rings (SSSR count). The van der Waals surface area contributed by atoms with Gasteiger partial charge in [0.25, 0.3) is 11.6 Å². The molecule has 1 heterocycles. The van der Waals surface area contributed by atoms with Crippen LogP contribution in [0.2, 0.25) is 0 Å². The van der Waals surface area contributed by atoms with Crippen LogP contribution >= 0.6 is 0 Å². The molecule has 0 radical (unpaired) electrons. The second-order valence-corrected chi connectivity index (χ2v) is 7.32. The van der Waals surface area contributed by atoms with Crippen LogP contribution in [0, 0.1) is 10.1 Å². The monoisotopic (exact) mass is 426 g/mol. The molecule has 2 aromatic rings. The maximum Gasteiger partial charge on any atom is 0.271 e. The number of hydrogen-bond acceptors (Lipinski definition) is 6.